The lowest BCUT2D eigenvalue weighted by atomic mass is 9.88. The normalized spacial score (nSPS) is 21.0. The second-order valence-corrected chi connectivity index (χ2v) is 12.3. The number of carboxylic acids is 1. The van der Waals surface area contributed by atoms with Crippen LogP contribution in [0.4, 0.5) is 9.59 Å². The summed E-state index contributed by atoms with van der Waals surface area (Å²) in [5, 5.41) is 10.0. The molecule has 1 saturated heterocycles. The first-order valence-corrected chi connectivity index (χ1v) is 14.5. The van der Waals surface area contributed by atoms with Gasteiger partial charge in [-0.2, -0.15) is 0 Å². The summed E-state index contributed by atoms with van der Waals surface area (Å²) >= 11 is 0. The quantitative estimate of drug-likeness (QED) is 0.456. The Kier molecular flexibility index (Phi) is 8.06. The van der Waals surface area contributed by atoms with Gasteiger partial charge in [0.1, 0.15) is 18.2 Å². The van der Waals surface area contributed by atoms with Crippen molar-refractivity contribution in [3.05, 3.63) is 59.7 Å². The standard InChI is InChI=1S/C32H40N2O6/c1-32(2,3)40-31(38)33(18-21-11-5-4-6-12-21)22-17-28(29(35)36)34(19-22)30(37)39-20-27-25-15-9-7-13-23(25)24-14-8-10-16-26(24)27/h7-10,13-16,21-22,27-28H,4-6,11-12,17-20H2,1-3H3,(H,35,36)/t22-,28+/m0/s1. The number of nitrogens with zero attached hydrogens (tertiary/aromatic N) is 2. The summed E-state index contributed by atoms with van der Waals surface area (Å²) in [6, 6.07) is 14.6. The van der Waals surface area contributed by atoms with E-state index in [0.29, 0.717) is 12.5 Å². The van der Waals surface area contributed by atoms with Gasteiger partial charge < -0.3 is 19.5 Å². The van der Waals surface area contributed by atoms with Crippen LogP contribution in [-0.2, 0) is 14.3 Å². The first-order valence-electron chi connectivity index (χ1n) is 14.5. The van der Waals surface area contributed by atoms with Gasteiger partial charge in [-0.25, -0.2) is 14.4 Å². The molecule has 214 valence electrons. The number of fused-ring (bicyclic) bond motifs is 3. The smallest absolute Gasteiger partial charge is 0.410 e. The molecular formula is C32H40N2O6. The third-order valence-electron chi connectivity index (χ3n) is 8.38. The van der Waals surface area contributed by atoms with E-state index >= 15 is 0 Å². The van der Waals surface area contributed by atoms with Gasteiger partial charge in [-0.3, -0.25) is 4.90 Å². The zero-order valence-corrected chi connectivity index (χ0v) is 23.7. The van der Waals surface area contributed by atoms with Crippen molar-refractivity contribution in [1.29, 1.82) is 0 Å². The molecule has 3 aliphatic rings. The first-order chi connectivity index (χ1) is 19.1. The van der Waals surface area contributed by atoms with Gasteiger partial charge in [0.25, 0.3) is 0 Å². The molecule has 1 heterocycles. The fraction of sp³-hybridized carbons (Fsp3) is 0.531. The van der Waals surface area contributed by atoms with Crippen molar-refractivity contribution in [1.82, 2.24) is 9.80 Å². The Morgan fingerprint density at radius 2 is 1.55 bits per heavy atom. The van der Waals surface area contributed by atoms with Gasteiger partial charge >= 0.3 is 18.2 Å². The number of carbonyl (C=O) groups is 3. The molecule has 0 aromatic heterocycles. The second kappa shape index (κ2) is 11.5. The Morgan fingerprint density at radius 3 is 2.12 bits per heavy atom. The molecule has 40 heavy (non-hydrogen) atoms. The molecule has 5 rings (SSSR count). The van der Waals surface area contributed by atoms with Crippen LogP contribution in [0.2, 0.25) is 0 Å². The minimum absolute atomic E-state index is 0.0968. The number of hydrogen-bond acceptors (Lipinski definition) is 5. The van der Waals surface area contributed by atoms with Gasteiger partial charge in [-0.05, 0) is 61.8 Å². The largest absolute Gasteiger partial charge is 0.480 e. The molecule has 2 aromatic rings. The number of rotatable bonds is 6. The fourth-order valence-corrected chi connectivity index (χ4v) is 6.49. The fourth-order valence-electron chi connectivity index (χ4n) is 6.49. The lowest BCUT2D eigenvalue weighted by Crippen LogP contribution is -2.47. The average molecular weight is 549 g/mol. The van der Waals surface area contributed by atoms with Crippen LogP contribution < -0.4 is 0 Å². The van der Waals surface area contributed by atoms with Gasteiger partial charge in [-0.1, -0.05) is 67.8 Å². The van der Waals surface area contributed by atoms with Crippen LogP contribution in [0.3, 0.4) is 0 Å². The highest BCUT2D eigenvalue weighted by Gasteiger charge is 2.45. The van der Waals surface area contributed by atoms with E-state index in [9.17, 15) is 19.5 Å². The molecule has 0 spiro atoms. The predicted molar refractivity (Wildman–Crippen MR) is 151 cm³/mol. The van der Waals surface area contributed by atoms with E-state index in [1.807, 2.05) is 57.2 Å². The van der Waals surface area contributed by atoms with E-state index in [4.69, 9.17) is 9.47 Å². The summed E-state index contributed by atoms with van der Waals surface area (Å²) in [5.74, 6) is -0.881. The maximum absolute atomic E-state index is 13.4. The molecule has 1 aliphatic heterocycles. The number of benzene rings is 2. The maximum atomic E-state index is 13.4. The zero-order valence-electron chi connectivity index (χ0n) is 23.7. The van der Waals surface area contributed by atoms with Crippen molar-refractivity contribution in [3.8, 4) is 11.1 Å². The van der Waals surface area contributed by atoms with Crippen molar-refractivity contribution >= 4 is 18.2 Å². The summed E-state index contributed by atoms with van der Waals surface area (Å²) in [6.07, 6.45) is 4.53. The predicted octanol–water partition coefficient (Wildman–Crippen LogP) is 6.28. The third kappa shape index (κ3) is 5.96. The molecule has 0 unspecified atom stereocenters. The van der Waals surface area contributed by atoms with Crippen LogP contribution in [0, 0.1) is 5.92 Å². The Bertz CT molecular complexity index is 1200. The van der Waals surface area contributed by atoms with Gasteiger partial charge in [0.2, 0.25) is 0 Å². The number of amides is 2. The summed E-state index contributed by atoms with van der Waals surface area (Å²) < 4.78 is 11.5. The lowest BCUT2D eigenvalue weighted by molar-refractivity contribution is -0.141. The molecule has 1 N–H and O–H groups in total. The average Bonchev–Trinajstić information content (AvgIpc) is 3.50. The monoisotopic (exact) mass is 548 g/mol. The zero-order chi connectivity index (χ0) is 28.4. The second-order valence-electron chi connectivity index (χ2n) is 12.3. The third-order valence-corrected chi connectivity index (χ3v) is 8.38. The topological polar surface area (TPSA) is 96.4 Å². The Hall–Kier alpha value is -3.55. The van der Waals surface area contributed by atoms with Gasteiger partial charge in [-0.15, -0.1) is 0 Å². The van der Waals surface area contributed by atoms with Crippen molar-refractivity contribution in [2.24, 2.45) is 5.92 Å². The molecule has 8 nitrogen and oxygen atoms in total. The molecule has 8 heteroatoms. The highest BCUT2D eigenvalue weighted by molar-refractivity contribution is 5.82. The van der Waals surface area contributed by atoms with Gasteiger partial charge in [0.05, 0.1) is 6.04 Å². The van der Waals surface area contributed by atoms with Crippen molar-refractivity contribution < 1.29 is 29.0 Å². The summed E-state index contributed by atoms with van der Waals surface area (Å²) in [5.41, 5.74) is 3.75. The highest BCUT2D eigenvalue weighted by atomic mass is 16.6. The SMILES string of the molecule is CC(C)(C)OC(=O)N(CC1CCCCC1)[C@H]1C[C@H](C(=O)O)N(C(=O)OCC2c3ccccc3-c3ccccc32)C1. The Morgan fingerprint density at radius 1 is 0.950 bits per heavy atom. The van der Waals surface area contributed by atoms with Gasteiger partial charge in [0.15, 0.2) is 0 Å². The van der Waals surface area contributed by atoms with Crippen LogP contribution in [-0.4, -0.2) is 70.4 Å². The number of carboxylic acid groups (broad SMARTS) is 1. The van der Waals surface area contributed by atoms with Crippen molar-refractivity contribution in [2.75, 3.05) is 19.7 Å². The summed E-state index contributed by atoms with van der Waals surface area (Å²) in [6.45, 7) is 6.17. The number of likely N-dealkylation sites (tertiary alicyclic amines) is 1. The number of aliphatic carboxylic acids is 1. The van der Waals surface area contributed by atoms with E-state index in [1.165, 1.54) is 11.3 Å². The lowest BCUT2D eigenvalue weighted by Gasteiger charge is -2.35. The molecule has 2 amide bonds. The molecule has 0 bridgehead atoms. The maximum Gasteiger partial charge on any atom is 0.410 e. The summed E-state index contributed by atoms with van der Waals surface area (Å²) in [4.78, 5) is 42.0. The number of ether oxygens (including phenoxy) is 2. The van der Waals surface area contributed by atoms with Crippen molar-refractivity contribution in [3.63, 3.8) is 0 Å². The first kappa shape index (κ1) is 28.0. The van der Waals surface area contributed by atoms with Crippen LogP contribution >= 0.6 is 0 Å². The van der Waals surface area contributed by atoms with Crippen LogP contribution in [0.5, 0.6) is 0 Å². The molecule has 0 radical (unpaired) electrons. The molecule has 1 saturated carbocycles. The Labute approximate surface area is 236 Å². The van der Waals surface area contributed by atoms with Crippen LogP contribution in [0.15, 0.2) is 48.5 Å². The van der Waals surface area contributed by atoms with E-state index in [1.54, 1.807) is 4.90 Å². The number of hydrogen-bond donors (Lipinski definition) is 1. The van der Waals surface area contributed by atoms with E-state index in [-0.39, 0.29) is 25.5 Å². The van der Waals surface area contributed by atoms with Crippen LogP contribution in [0.25, 0.3) is 11.1 Å². The van der Waals surface area contributed by atoms with Crippen molar-refractivity contribution in [2.45, 2.75) is 82.9 Å². The minimum atomic E-state index is -1.10. The summed E-state index contributed by atoms with van der Waals surface area (Å²) in [7, 11) is 0. The molecule has 2 atom stereocenters. The van der Waals surface area contributed by atoms with Gasteiger partial charge in [0, 0.05) is 25.4 Å². The number of carbonyl (C=O) groups excluding carboxylic acids is 2. The Balaban J connectivity index is 1.31. The van der Waals surface area contributed by atoms with E-state index < -0.39 is 35.8 Å². The molecule has 2 aromatic carbocycles. The molecule has 2 aliphatic carbocycles. The highest BCUT2D eigenvalue weighted by Crippen LogP contribution is 2.44. The molecule has 2 fully saturated rings. The van der Waals surface area contributed by atoms with Crippen LogP contribution in [0.1, 0.15) is 76.3 Å². The van der Waals surface area contributed by atoms with E-state index in [2.05, 4.69) is 12.1 Å². The molecular weight excluding hydrogens is 508 g/mol. The minimum Gasteiger partial charge on any atom is -0.480 e. The van der Waals surface area contributed by atoms with E-state index in [0.717, 1.165) is 47.9 Å².